The number of ether oxygens (including phenoxy) is 1. The van der Waals surface area contributed by atoms with E-state index in [1.807, 2.05) is 38.1 Å². The van der Waals surface area contributed by atoms with E-state index in [0.29, 0.717) is 26.3 Å². The molecule has 1 aromatic carbocycles. The predicted molar refractivity (Wildman–Crippen MR) is 92.5 cm³/mol. The molecule has 0 radical (unpaired) electrons. The molecule has 0 amide bonds. The van der Waals surface area contributed by atoms with Crippen LogP contribution < -0.4 is 10.6 Å². The largest absolute Gasteiger partial charge is 0.466 e. The number of aliphatic imine (C=N–C) groups is 1. The zero-order valence-corrected chi connectivity index (χ0v) is 14.1. The summed E-state index contributed by atoms with van der Waals surface area (Å²) in [6.45, 7) is 6.57. The van der Waals surface area contributed by atoms with Gasteiger partial charge in [-0.05, 0) is 25.5 Å². The van der Waals surface area contributed by atoms with E-state index in [4.69, 9.17) is 9.15 Å². The van der Waals surface area contributed by atoms with Gasteiger partial charge in [0.15, 0.2) is 5.96 Å². The van der Waals surface area contributed by atoms with E-state index in [9.17, 15) is 0 Å². The Morgan fingerprint density at radius 2 is 1.96 bits per heavy atom. The van der Waals surface area contributed by atoms with Crippen LogP contribution in [-0.2, 0) is 17.9 Å². The maximum atomic E-state index is 5.64. The molecule has 5 heteroatoms. The topological polar surface area (TPSA) is 58.8 Å². The van der Waals surface area contributed by atoms with E-state index in [1.54, 1.807) is 7.05 Å². The maximum absolute atomic E-state index is 5.64. The van der Waals surface area contributed by atoms with Crippen LogP contribution in [0, 0.1) is 13.8 Å². The summed E-state index contributed by atoms with van der Waals surface area (Å²) in [5, 5.41) is 6.51. The SMILES string of the molecule is CN=C(NCCOCc1ccccc1)NCc1cc(C)oc1C. The van der Waals surface area contributed by atoms with Gasteiger partial charge in [0.25, 0.3) is 0 Å². The molecular weight excluding hydrogens is 290 g/mol. The van der Waals surface area contributed by atoms with Crippen LogP contribution in [0.2, 0.25) is 0 Å². The smallest absolute Gasteiger partial charge is 0.191 e. The number of aryl methyl sites for hydroxylation is 2. The molecule has 2 rings (SSSR count). The summed E-state index contributed by atoms with van der Waals surface area (Å²) < 4.78 is 11.2. The molecule has 0 fully saturated rings. The number of nitrogens with one attached hydrogen (secondary N) is 2. The zero-order valence-electron chi connectivity index (χ0n) is 14.1. The van der Waals surface area contributed by atoms with Crippen molar-refractivity contribution in [2.75, 3.05) is 20.2 Å². The summed E-state index contributed by atoms with van der Waals surface area (Å²) in [6.07, 6.45) is 0. The fraction of sp³-hybridized carbons (Fsp3) is 0.389. The number of rotatable bonds is 7. The second kappa shape index (κ2) is 9.00. The number of hydrogen-bond donors (Lipinski definition) is 2. The molecule has 1 heterocycles. The van der Waals surface area contributed by atoms with Crippen LogP contribution in [0.25, 0.3) is 0 Å². The molecule has 124 valence electrons. The highest BCUT2D eigenvalue weighted by Gasteiger charge is 2.05. The van der Waals surface area contributed by atoms with Crippen LogP contribution in [0.3, 0.4) is 0 Å². The van der Waals surface area contributed by atoms with Crippen molar-refractivity contribution < 1.29 is 9.15 Å². The van der Waals surface area contributed by atoms with Crippen molar-refractivity contribution >= 4 is 5.96 Å². The third-order valence-corrected chi connectivity index (χ3v) is 3.46. The van der Waals surface area contributed by atoms with Gasteiger partial charge in [0.2, 0.25) is 0 Å². The van der Waals surface area contributed by atoms with Crippen LogP contribution in [0.15, 0.2) is 45.8 Å². The Hall–Kier alpha value is -2.27. The van der Waals surface area contributed by atoms with Gasteiger partial charge in [-0.25, -0.2) is 0 Å². The summed E-state index contributed by atoms with van der Waals surface area (Å²) in [7, 11) is 1.76. The molecule has 23 heavy (non-hydrogen) atoms. The molecule has 0 aliphatic rings. The Morgan fingerprint density at radius 3 is 2.61 bits per heavy atom. The van der Waals surface area contributed by atoms with E-state index in [1.165, 1.54) is 5.56 Å². The van der Waals surface area contributed by atoms with Gasteiger partial charge in [0, 0.05) is 25.7 Å². The number of guanidine groups is 1. The highest BCUT2D eigenvalue weighted by molar-refractivity contribution is 5.79. The Kier molecular flexibility index (Phi) is 6.69. The van der Waals surface area contributed by atoms with Crippen molar-refractivity contribution in [1.82, 2.24) is 10.6 Å². The lowest BCUT2D eigenvalue weighted by Crippen LogP contribution is -2.38. The van der Waals surface area contributed by atoms with Crippen LogP contribution in [-0.4, -0.2) is 26.2 Å². The molecule has 0 aliphatic carbocycles. The Labute approximate surface area is 137 Å². The molecule has 0 unspecified atom stereocenters. The first-order chi connectivity index (χ1) is 11.2. The van der Waals surface area contributed by atoms with E-state index >= 15 is 0 Å². The van der Waals surface area contributed by atoms with Crippen LogP contribution in [0.5, 0.6) is 0 Å². The van der Waals surface area contributed by atoms with Crippen molar-refractivity contribution in [1.29, 1.82) is 0 Å². The van der Waals surface area contributed by atoms with Crippen molar-refractivity contribution in [2.45, 2.75) is 27.0 Å². The van der Waals surface area contributed by atoms with E-state index < -0.39 is 0 Å². The minimum Gasteiger partial charge on any atom is -0.466 e. The normalized spacial score (nSPS) is 11.5. The van der Waals surface area contributed by atoms with Crippen LogP contribution >= 0.6 is 0 Å². The van der Waals surface area contributed by atoms with Crippen molar-refractivity contribution in [2.24, 2.45) is 4.99 Å². The van der Waals surface area contributed by atoms with Gasteiger partial charge in [0.1, 0.15) is 11.5 Å². The van der Waals surface area contributed by atoms with E-state index in [0.717, 1.165) is 23.0 Å². The zero-order chi connectivity index (χ0) is 16.5. The first-order valence-electron chi connectivity index (χ1n) is 7.81. The van der Waals surface area contributed by atoms with E-state index in [-0.39, 0.29) is 0 Å². The summed E-state index contributed by atoms with van der Waals surface area (Å²) in [5.41, 5.74) is 2.33. The highest BCUT2D eigenvalue weighted by Crippen LogP contribution is 2.12. The van der Waals surface area contributed by atoms with Crippen molar-refractivity contribution in [3.8, 4) is 0 Å². The average Bonchev–Trinajstić information content (AvgIpc) is 2.88. The Balaban J connectivity index is 1.64. The summed E-state index contributed by atoms with van der Waals surface area (Å²) in [4.78, 5) is 4.20. The molecule has 1 aromatic heterocycles. The number of furan rings is 1. The number of nitrogens with zero attached hydrogens (tertiary/aromatic N) is 1. The van der Waals surface area contributed by atoms with Gasteiger partial charge in [0.05, 0.1) is 13.2 Å². The molecular formula is C18H25N3O2. The van der Waals surface area contributed by atoms with Crippen molar-refractivity contribution in [3.63, 3.8) is 0 Å². The summed E-state index contributed by atoms with van der Waals surface area (Å²) in [5.74, 6) is 2.62. The molecule has 0 spiro atoms. The molecule has 2 N–H and O–H groups in total. The maximum Gasteiger partial charge on any atom is 0.191 e. The molecule has 2 aromatic rings. The lowest BCUT2D eigenvalue weighted by atomic mass is 10.2. The standard InChI is InChI=1S/C18H25N3O2/c1-14-11-17(15(2)23-14)12-21-18(19-3)20-9-10-22-13-16-7-5-4-6-8-16/h4-8,11H,9-10,12-13H2,1-3H3,(H2,19,20,21). The van der Waals surface area contributed by atoms with Gasteiger partial charge in [-0.3, -0.25) is 4.99 Å². The van der Waals surface area contributed by atoms with Crippen LogP contribution in [0.4, 0.5) is 0 Å². The third-order valence-electron chi connectivity index (χ3n) is 3.46. The number of benzene rings is 1. The molecule has 5 nitrogen and oxygen atoms in total. The quantitative estimate of drug-likeness (QED) is 0.469. The predicted octanol–water partition coefficient (Wildman–Crippen LogP) is 2.78. The summed E-state index contributed by atoms with van der Waals surface area (Å²) in [6, 6.07) is 12.2. The molecule has 0 saturated carbocycles. The first kappa shape index (κ1) is 17.1. The first-order valence-corrected chi connectivity index (χ1v) is 7.81. The highest BCUT2D eigenvalue weighted by atomic mass is 16.5. The third kappa shape index (κ3) is 5.79. The Bertz CT molecular complexity index is 620. The van der Waals surface area contributed by atoms with Gasteiger partial charge in [-0.2, -0.15) is 0 Å². The lowest BCUT2D eigenvalue weighted by Gasteiger charge is -2.11. The second-order valence-corrected chi connectivity index (χ2v) is 5.33. The van der Waals surface area contributed by atoms with Gasteiger partial charge < -0.3 is 19.8 Å². The minimum atomic E-state index is 0.624. The van der Waals surface area contributed by atoms with E-state index in [2.05, 4.69) is 27.8 Å². The second-order valence-electron chi connectivity index (χ2n) is 5.33. The van der Waals surface area contributed by atoms with Gasteiger partial charge in [-0.15, -0.1) is 0 Å². The lowest BCUT2D eigenvalue weighted by molar-refractivity contribution is 0.125. The summed E-state index contributed by atoms with van der Waals surface area (Å²) >= 11 is 0. The Morgan fingerprint density at radius 1 is 1.17 bits per heavy atom. The molecule has 0 aliphatic heterocycles. The monoisotopic (exact) mass is 315 g/mol. The fourth-order valence-corrected chi connectivity index (χ4v) is 2.26. The molecule has 0 bridgehead atoms. The number of hydrogen-bond acceptors (Lipinski definition) is 3. The molecule has 0 atom stereocenters. The average molecular weight is 315 g/mol. The molecule has 0 saturated heterocycles. The van der Waals surface area contributed by atoms with Crippen LogP contribution in [0.1, 0.15) is 22.6 Å². The fourth-order valence-electron chi connectivity index (χ4n) is 2.26. The van der Waals surface area contributed by atoms with Crippen molar-refractivity contribution in [3.05, 3.63) is 59.0 Å². The van der Waals surface area contributed by atoms with Gasteiger partial charge in [-0.1, -0.05) is 30.3 Å². The minimum absolute atomic E-state index is 0.624. The van der Waals surface area contributed by atoms with Gasteiger partial charge >= 0.3 is 0 Å².